The molecule has 1 amide bonds. The van der Waals surface area contributed by atoms with Crippen molar-refractivity contribution in [3.05, 3.63) is 46.2 Å². The van der Waals surface area contributed by atoms with Crippen LogP contribution in [0.1, 0.15) is 16.9 Å². The van der Waals surface area contributed by atoms with E-state index in [0.29, 0.717) is 38.4 Å². The topological polar surface area (TPSA) is 41.6 Å². The molecule has 26 heavy (non-hydrogen) atoms. The van der Waals surface area contributed by atoms with Crippen LogP contribution in [-0.4, -0.2) is 32.2 Å². The first-order valence-corrected chi connectivity index (χ1v) is 9.17. The van der Waals surface area contributed by atoms with Gasteiger partial charge in [-0.2, -0.15) is 13.2 Å². The summed E-state index contributed by atoms with van der Waals surface area (Å²) in [5.41, 5.74) is -0.547. The Morgan fingerprint density at radius 2 is 2.00 bits per heavy atom. The van der Waals surface area contributed by atoms with E-state index in [1.165, 1.54) is 17.4 Å². The van der Waals surface area contributed by atoms with Gasteiger partial charge in [0.2, 0.25) is 5.91 Å². The molecule has 1 aromatic carbocycles. The number of hydrogen-bond acceptors (Lipinski definition) is 4. The molecular weight excluding hydrogens is 365 g/mol. The van der Waals surface area contributed by atoms with Crippen LogP contribution in [0.3, 0.4) is 0 Å². The molecule has 0 atom stereocenters. The van der Waals surface area contributed by atoms with Crippen LogP contribution in [0.15, 0.2) is 35.7 Å². The van der Waals surface area contributed by atoms with Crippen molar-refractivity contribution >= 4 is 28.6 Å². The van der Waals surface area contributed by atoms with Gasteiger partial charge in [-0.05, 0) is 36.1 Å². The number of morpholine rings is 1. The Balaban J connectivity index is 1.73. The molecule has 2 aromatic rings. The van der Waals surface area contributed by atoms with Gasteiger partial charge in [0.15, 0.2) is 0 Å². The van der Waals surface area contributed by atoms with Crippen LogP contribution < -0.4 is 10.2 Å². The molecule has 1 aliphatic heterocycles. The Bertz CT molecular complexity index is 741. The molecule has 2 heterocycles. The molecule has 1 aromatic heterocycles. The second-order valence-corrected chi connectivity index (χ2v) is 6.99. The minimum Gasteiger partial charge on any atom is -0.378 e. The van der Waals surface area contributed by atoms with Gasteiger partial charge in [-0.1, -0.05) is 6.07 Å². The molecule has 0 saturated carbocycles. The van der Waals surface area contributed by atoms with Crippen molar-refractivity contribution in [2.45, 2.75) is 19.0 Å². The number of carbonyl (C=O) groups excluding carboxylic acids is 1. The van der Waals surface area contributed by atoms with Gasteiger partial charge in [0.05, 0.1) is 24.5 Å². The van der Waals surface area contributed by atoms with Crippen LogP contribution in [-0.2, 0) is 22.1 Å². The summed E-state index contributed by atoms with van der Waals surface area (Å²) in [5, 5.41) is 4.31. The summed E-state index contributed by atoms with van der Waals surface area (Å²) >= 11 is 1.52. The number of nitrogens with one attached hydrogen (secondary N) is 1. The lowest BCUT2D eigenvalue weighted by Gasteiger charge is -2.29. The van der Waals surface area contributed by atoms with Crippen molar-refractivity contribution in [1.29, 1.82) is 0 Å². The van der Waals surface area contributed by atoms with E-state index < -0.39 is 17.6 Å². The van der Waals surface area contributed by atoms with E-state index in [-0.39, 0.29) is 12.1 Å². The van der Waals surface area contributed by atoms with Gasteiger partial charge in [-0.3, -0.25) is 4.79 Å². The molecule has 3 rings (SSSR count). The number of aryl methyl sites for hydroxylation is 1. The molecular formula is C18H19F3N2O2S. The van der Waals surface area contributed by atoms with E-state index in [1.807, 2.05) is 22.4 Å². The van der Waals surface area contributed by atoms with Gasteiger partial charge in [0, 0.05) is 30.1 Å². The first-order valence-electron chi connectivity index (χ1n) is 8.29. The van der Waals surface area contributed by atoms with E-state index in [0.717, 1.165) is 10.9 Å². The predicted molar refractivity (Wildman–Crippen MR) is 95.7 cm³/mol. The number of thiophene rings is 1. The summed E-state index contributed by atoms with van der Waals surface area (Å²) < 4.78 is 45.6. The smallest absolute Gasteiger partial charge is 0.378 e. The number of rotatable bonds is 5. The number of amides is 1. The van der Waals surface area contributed by atoms with Gasteiger partial charge in [-0.15, -0.1) is 11.3 Å². The Morgan fingerprint density at radius 1 is 1.23 bits per heavy atom. The molecule has 0 unspecified atom stereocenters. The fraction of sp³-hybridized carbons (Fsp3) is 0.389. The summed E-state index contributed by atoms with van der Waals surface area (Å²) in [6.07, 6.45) is -3.89. The number of hydrogen-bond donors (Lipinski definition) is 1. The predicted octanol–water partition coefficient (Wildman–Crippen LogP) is 4.17. The van der Waals surface area contributed by atoms with Crippen molar-refractivity contribution in [3.8, 4) is 0 Å². The lowest BCUT2D eigenvalue weighted by molar-refractivity contribution is -0.136. The standard InChI is InChI=1S/C18H19F3N2O2S/c19-18(20,21)15-12-13(23-7-9-25-10-8-23)3-5-16(15)22-17(24)6-4-14-2-1-11-26-14/h1-3,5,11-12H,4,6-10H2,(H,22,24). The normalized spacial score (nSPS) is 15.1. The summed E-state index contributed by atoms with van der Waals surface area (Å²) in [5.74, 6) is -0.428. The van der Waals surface area contributed by atoms with Gasteiger partial charge >= 0.3 is 6.18 Å². The number of carbonyl (C=O) groups is 1. The Morgan fingerprint density at radius 3 is 2.65 bits per heavy atom. The zero-order valence-corrected chi connectivity index (χ0v) is 14.8. The molecule has 1 N–H and O–H groups in total. The summed E-state index contributed by atoms with van der Waals surface area (Å²) in [6.45, 7) is 2.07. The molecule has 1 saturated heterocycles. The molecule has 1 fully saturated rings. The highest BCUT2D eigenvalue weighted by atomic mass is 32.1. The molecule has 0 bridgehead atoms. The van der Waals surface area contributed by atoms with Crippen molar-refractivity contribution in [1.82, 2.24) is 0 Å². The van der Waals surface area contributed by atoms with Crippen LogP contribution in [0.5, 0.6) is 0 Å². The van der Waals surface area contributed by atoms with Crippen LogP contribution in [0, 0.1) is 0 Å². The van der Waals surface area contributed by atoms with Crippen LogP contribution in [0.4, 0.5) is 24.5 Å². The Labute approximate surface area is 153 Å². The minimum atomic E-state index is -4.54. The van der Waals surface area contributed by atoms with Crippen molar-refractivity contribution in [2.24, 2.45) is 0 Å². The second kappa shape index (κ2) is 8.09. The molecule has 0 radical (unpaired) electrons. The zero-order valence-electron chi connectivity index (χ0n) is 14.0. The first-order chi connectivity index (χ1) is 12.4. The van der Waals surface area contributed by atoms with E-state index in [4.69, 9.17) is 4.74 Å². The third-order valence-corrected chi connectivity index (χ3v) is 5.07. The number of halogens is 3. The Hall–Kier alpha value is -2.06. The maximum atomic E-state index is 13.5. The van der Waals surface area contributed by atoms with Crippen LogP contribution in [0.2, 0.25) is 0 Å². The van der Waals surface area contributed by atoms with Gasteiger partial charge in [-0.25, -0.2) is 0 Å². The number of nitrogens with zero attached hydrogens (tertiary/aromatic N) is 1. The molecule has 1 aliphatic rings. The lowest BCUT2D eigenvalue weighted by atomic mass is 10.1. The van der Waals surface area contributed by atoms with E-state index in [1.54, 1.807) is 6.07 Å². The molecule has 140 valence electrons. The van der Waals surface area contributed by atoms with Gasteiger partial charge in [0.25, 0.3) is 0 Å². The largest absolute Gasteiger partial charge is 0.418 e. The molecule has 0 spiro atoms. The maximum absolute atomic E-state index is 13.5. The summed E-state index contributed by atoms with van der Waals surface area (Å²) in [6, 6.07) is 7.81. The fourth-order valence-electron chi connectivity index (χ4n) is 2.80. The van der Waals surface area contributed by atoms with E-state index in [9.17, 15) is 18.0 Å². The Kier molecular flexibility index (Phi) is 5.83. The average Bonchev–Trinajstić information content (AvgIpc) is 3.14. The zero-order chi connectivity index (χ0) is 18.6. The SMILES string of the molecule is O=C(CCc1cccs1)Nc1ccc(N2CCOCC2)cc1C(F)(F)F. The third-order valence-electron chi connectivity index (χ3n) is 4.14. The minimum absolute atomic E-state index is 0.142. The van der Waals surface area contributed by atoms with Gasteiger partial charge in [0.1, 0.15) is 0 Å². The van der Waals surface area contributed by atoms with E-state index >= 15 is 0 Å². The highest BCUT2D eigenvalue weighted by Crippen LogP contribution is 2.37. The van der Waals surface area contributed by atoms with Crippen LogP contribution >= 0.6 is 11.3 Å². The molecule has 0 aliphatic carbocycles. The third kappa shape index (κ3) is 4.76. The lowest BCUT2D eigenvalue weighted by Crippen LogP contribution is -2.36. The van der Waals surface area contributed by atoms with Gasteiger partial charge < -0.3 is 15.0 Å². The fourth-order valence-corrected chi connectivity index (χ4v) is 3.51. The number of alkyl halides is 3. The highest BCUT2D eigenvalue weighted by molar-refractivity contribution is 7.09. The second-order valence-electron chi connectivity index (χ2n) is 5.95. The molecule has 8 heteroatoms. The maximum Gasteiger partial charge on any atom is 0.418 e. The van der Waals surface area contributed by atoms with Crippen molar-refractivity contribution in [3.63, 3.8) is 0 Å². The monoisotopic (exact) mass is 384 g/mol. The van der Waals surface area contributed by atoms with Crippen LogP contribution in [0.25, 0.3) is 0 Å². The molecule has 4 nitrogen and oxygen atoms in total. The van der Waals surface area contributed by atoms with E-state index in [2.05, 4.69) is 5.32 Å². The summed E-state index contributed by atoms with van der Waals surface area (Å²) in [7, 11) is 0. The number of ether oxygens (including phenoxy) is 1. The quantitative estimate of drug-likeness (QED) is 0.841. The number of benzene rings is 1. The average molecular weight is 384 g/mol. The van der Waals surface area contributed by atoms with Crippen molar-refractivity contribution in [2.75, 3.05) is 36.5 Å². The number of anilines is 2. The first kappa shape index (κ1) is 18.7. The summed E-state index contributed by atoms with van der Waals surface area (Å²) in [4.78, 5) is 14.9. The highest BCUT2D eigenvalue weighted by Gasteiger charge is 2.34. The van der Waals surface area contributed by atoms with Crippen molar-refractivity contribution < 1.29 is 22.7 Å².